The first-order chi connectivity index (χ1) is 18.7. The Morgan fingerprint density at radius 3 is 2.73 bits per heavy atom. The number of anilines is 2. The van der Waals surface area contributed by atoms with Crippen molar-refractivity contribution in [1.29, 1.82) is 0 Å². The first kappa shape index (κ1) is 29.6. The molecule has 17 heteroatoms. The molecule has 2 atom stereocenters. The average Bonchev–Trinajstić information content (AvgIpc) is 3.60. The van der Waals surface area contributed by atoms with Gasteiger partial charge >= 0.3 is 19.9 Å². The Morgan fingerprint density at radius 1 is 1.35 bits per heavy atom. The molecule has 1 aliphatic heterocycles. The molecule has 40 heavy (non-hydrogen) atoms. The number of hydrogen-bond donors (Lipinski definition) is 4. The van der Waals surface area contributed by atoms with Gasteiger partial charge < -0.3 is 29.6 Å². The molecular weight excluding hydrogens is 580 g/mol. The number of aromatic nitrogens is 4. The van der Waals surface area contributed by atoms with Crippen LogP contribution in [0.5, 0.6) is 0 Å². The summed E-state index contributed by atoms with van der Waals surface area (Å²) in [6, 6.07) is 3.81. The summed E-state index contributed by atoms with van der Waals surface area (Å²) in [5.41, 5.74) is 3.43. The number of amides is 1. The first-order valence-electron chi connectivity index (χ1n) is 11.7. The van der Waals surface area contributed by atoms with E-state index in [1.54, 1.807) is 11.5 Å². The van der Waals surface area contributed by atoms with Gasteiger partial charge in [-0.25, -0.2) is 19.7 Å². The average molecular weight is 603 g/mol. The molecule has 0 spiro atoms. The molecule has 1 aliphatic carbocycles. The first-order valence-corrected chi connectivity index (χ1v) is 13.8. The van der Waals surface area contributed by atoms with Gasteiger partial charge in [-0.15, -0.1) is 0 Å². The summed E-state index contributed by atoms with van der Waals surface area (Å²) in [6.07, 6.45) is -2.69. The maximum absolute atomic E-state index is 13.6. The topological polar surface area (TPSA) is 175 Å². The highest BCUT2D eigenvalue weighted by atomic mass is 35.5. The Morgan fingerprint density at radius 2 is 2.08 bits per heavy atom. The van der Waals surface area contributed by atoms with Crippen LogP contribution in [0.15, 0.2) is 30.9 Å². The normalized spacial score (nSPS) is 19.3. The van der Waals surface area contributed by atoms with E-state index in [9.17, 15) is 22.5 Å². The van der Waals surface area contributed by atoms with Crippen LogP contribution in [0.2, 0.25) is 5.02 Å². The van der Waals surface area contributed by atoms with Crippen LogP contribution in [0.1, 0.15) is 25.3 Å². The number of nitrogens with two attached hydrogens (primary N) is 1. The van der Waals surface area contributed by atoms with E-state index >= 15 is 0 Å². The van der Waals surface area contributed by atoms with Crippen LogP contribution >= 0.6 is 19.2 Å². The molecule has 0 unspecified atom stereocenters. The molecule has 0 saturated heterocycles. The largest absolute Gasteiger partial charge is 0.445 e. The lowest BCUT2D eigenvalue weighted by molar-refractivity contribution is -0.239. The second kappa shape index (κ2) is 11.2. The summed E-state index contributed by atoms with van der Waals surface area (Å²) in [5, 5.41) is 2.34. The lowest BCUT2D eigenvalue weighted by atomic mass is 9.90. The molecule has 0 bridgehead atoms. The number of carbonyl (C=O) groups is 1. The molecule has 5 rings (SSSR count). The van der Waals surface area contributed by atoms with Gasteiger partial charge in [-0.3, -0.25) is 9.88 Å². The molecule has 1 fully saturated rings. The van der Waals surface area contributed by atoms with Crippen molar-refractivity contribution in [2.24, 2.45) is 5.92 Å². The maximum atomic E-state index is 13.6. The van der Waals surface area contributed by atoms with Crippen LogP contribution in [0.3, 0.4) is 0 Å². The molecule has 12 nitrogen and oxygen atoms in total. The second-order valence-electron chi connectivity index (χ2n) is 9.03. The quantitative estimate of drug-likeness (QED) is 0.246. The summed E-state index contributed by atoms with van der Waals surface area (Å²) in [4.78, 5) is 40.9. The molecule has 5 N–H and O–H groups in total. The molecule has 1 saturated carbocycles. The summed E-state index contributed by atoms with van der Waals surface area (Å²) >= 11 is 5.78. The lowest BCUT2D eigenvalue weighted by Crippen LogP contribution is -2.49. The number of cyclic esters (lactones) is 1. The number of nitrogens with zero attached hydrogens (tertiary/aromatic N) is 4. The van der Waals surface area contributed by atoms with Crippen molar-refractivity contribution in [3.63, 3.8) is 0 Å². The van der Waals surface area contributed by atoms with Crippen molar-refractivity contribution < 1.29 is 41.8 Å². The van der Waals surface area contributed by atoms with Gasteiger partial charge in [-0.1, -0.05) is 17.5 Å². The van der Waals surface area contributed by atoms with Crippen LogP contribution in [-0.2, 0) is 26.2 Å². The van der Waals surface area contributed by atoms with Crippen LogP contribution in [0.25, 0.3) is 11.2 Å². The Balaban J connectivity index is 0.000000186. The molecule has 2 aromatic heterocycles. The van der Waals surface area contributed by atoms with Crippen molar-refractivity contribution in [2.45, 2.75) is 44.2 Å². The zero-order chi connectivity index (χ0) is 29.3. The molecule has 0 radical (unpaired) electrons. The molecule has 3 heterocycles. The summed E-state index contributed by atoms with van der Waals surface area (Å²) in [6.45, 7) is 2.05. The molecule has 214 valence electrons. The minimum Gasteiger partial charge on any atom is -0.415 e. The van der Waals surface area contributed by atoms with Crippen molar-refractivity contribution in [1.82, 2.24) is 19.5 Å². The van der Waals surface area contributed by atoms with Crippen LogP contribution < -0.4 is 11.1 Å². The Kier molecular flexibility index (Phi) is 8.30. The van der Waals surface area contributed by atoms with Gasteiger partial charge in [0.15, 0.2) is 11.5 Å². The number of nitrogen functional groups attached to an aromatic ring is 1. The molecule has 2 aliphatic rings. The minimum atomic E-state index is -4.87. The Labute approximate surface area is 230 Å². The summed E-state index contributed by atoms with van der Waals surface area (Å²) in [7, 11) is -4.16. The number of imidazole rings is 1. The Hall–Kier alpha value is -3.41. The number of rotatable bonds is 5. The van der Waals surface area contributed by atoms with Crippen molar-refractivity contribution >= 4 is 48.0 Å². The number of ether oxygens (including phenoxy) is 2. The Bertz CT molecular complexity index is 1530. The standard InChI is InChI=1S/C14H9ClF3NO2.C9H14N5O4P/c15-9-3-4-11-10(7-9)13(14(16,17)18,21-12(20)19-11)6-5-8-1-2-8;1-6(18-5-19(15,16)17)2-14-4-13-7-8(10)11-3-12-9(7)14/h3-4,7-8H,1-2H2,(H,19,20);3-4,6H,2,5H2,1H3,(H2,10,11,12)(H2,15,16,17)/t13-;6-/m01/s1. The highest BCUT2D eigenvalue weighted by Gasteiger charge is 2.62. The van der Waals surface area contributed by atoms with Gasteiger partial charge in [-0.05, 0) is 43.9 Å². The fourth-order valence-electron chi connectivity index (χ4n) is 3.64. The van der Waals surface area contributed by atoms with E-state index in [0.717, 1.165) is 18.9 Å². The van der Waals surface area contributed by atoms with Crippen LogP contribution in [0.4, 0.5) is 29.5 Å². The van der Waals surface area contributed by atoms with Gasteiger partial charge in [0.05, 0.1) is 24.7 Å². The monoisotopic (exact) mass is 602 g/mol. The third-order valence-electron chi connectivity index (χ3n) is 5.68. The van der Waals surface area contributed by atoms with Crippen molar-refractivity contribution in [3.05, 3.63) is 41.4 Å². The fourth-order valence-corrected chi connectivity index (χ4v) is 4.26. The van der Waals surface area contributed by atoms with E-state index < -0.39 is 37.9 Å². The minimum absolute atomic E-state index is 0.00179. The number of hydrogen-bond acceptors (Lipinski definition) is 8. The lowest BCUT2D eigenvalue weighted by Gasteiger charge is -2.35. The SMILES string of the molecule is C[C@H](Cn1cnc2c(N)ncnc21)OCP(=O)(O)O.O=C1Nc2ccc(Cl)cc2[C@@](C#CC2CC2)(C(F)(F)F)O1. The molecule has 3 aromatic rings. The number of halogens is 4. The number of fused-ring (bicyclic) bond motifs is 2. The van der Waals surface area contributed by atoms with Gasteiger partial charge in [0.1, 0.15) is 18.2 Å². The molecule has 1 aromatic carbocycles. The molecule has 1 amide bonds. The predicted octanol–water partition coefficient (Wildman–Crippen LogP) is 4.02. The third kappa shape index (κ3) is 6.83. The van der Waals surface area contributed by atoms with E-state index in [1.807, 2.05) is 0 Å². The van der Waals surface area contributed by atoms with Gasteiger partial charge in [0.2, 0.25) is 0 Å². The number of alkyl halides is 3. The highest BCUT2D eigenvalue weighted by molar-refractivity contribution is 7.51. The van der Waals surface area contributed by atoms with E-state index in [-0.39, 0.29) is 28.0 Å². The van der Waals surface area contributed by atoms with Gasteiger partial charge in [0.25, 0.3) is 5.60 Å². The van der Waals surface area contributed by atoms with Crippen molar-refractivity contribution in [2.75, 3.05) is 17.4 Å². The zero-order valence-corrected chi connectivity index (χ0v) is 22.4. The third-order valence-corrected chi connectivity index (χ3v) is 6.40. The maximum Gasteiger partial charge on any atom is 0.445 e. The van der Waals surface area contributed by atoms with Crippen molar-refractivity contribution in [3.8, 4) is 11.8 Å². The van der Waals surface area contributed by atoms with E-state index in [1.165, 1.54) is 24.8 Å². The van der Waals surface area contributed by atoms with Crippen LogP contribution in [0, 0.1) is 17.8 Å². The van der Waals surface area contributed by atoms with Gasteiger partial charge in [-0.2, -0.15) is 13.2 Å². The van der Waals surface area contributed by atoms with E-state index in [0.29, 0.717) is 17.7 Å². The van der Waals surface area contributed by atoms with E-state index in [2.05, 4.69) is 36.8 Å². The fraction of sp³-hybridized carbons (Fsp3) is 0.391. The van der Waals surface area contributed by atoms with E-state index in [4.69, 9.17) is 31.9 Å². The number of carbonyl (C=O) groups excluding carboxylic acids is 1. The smallest absolute Gasteiger partial charge is 0.415 e. The number of nitrogens with one attached hydrogen (secondary N) is 1. The zero-order valence-electron chi connectivity index (χ0n) is 20.7. The predicted molar refractivity (Wildman–Crippen MR) is 137 cm³/mol. The summed E-state index contributed by atoms with van der Waals surface area (Å²) in [5.74, 6) is 4.89. The summed E-state index contributed by atoms with van der Waals surface area (Å²) < 4.78 is 62.9. The second-order valence-corrected chi connectivity index (χ2v) is 11.1. The number of benzene rings is 1. The molecular formula is C23H23ClF3N6O6P. The highest BCUT2D eigenvalue weighted by Crippen LogP contribution is 2.48. The van der Waals surface area contributed by atoms with Gasteiger partial charge in [0, 0.05) is 16.5 Å². The van der Waals surface area contributed by atoms with Crippen LogP contribution in [-0.4, -0.2) is 54.0 Å².